The van der Waals surface area contributed by atoms with Gasteiger partial charge in [-0.25, -0.2) is 4.98 Å². The van der Waals surface area contributed by atoms with Crippen LogP contribution in [0.5, 0.6) is 0 Å². The van der Waals surface area contributed by atoms with Crippen LogP contribution in [0.2, 0.25) is 0 Å². The summed E-state index contributed by atoms with van der Waals surface area (Å²) in [5.74, 6) is 1.37. The van der Waals surface area contributed by atoms with E-state index in [1.165, 1.54) is 0 Å². The molecule has 0 spiro atoms. The third kappa shape index (κ3) is 2.96. The lowest BCUT2D eigenvalue weighted by Crippen LogP contribution is -2.34. The van der Waals surface area contributed by atoms with Crippen molar-refractivity contribution in [2.24, 2.45) is 0 Å². The van der Waals surface area contributed by atoms with Crippen molar-refractivity contribution in [1.82, 2.24) is 14.5 Å². The minimum Gasteiger partial charge on any atom is -0.333 e. The zero-order valence-electron chi connectivity index (χ0n) is 11.5. The van der Waals surface area contributed by atoms with E-state index in [4.69, 9.17) is 0 Å². The fourth-order valence-corrected chi connectivity index (χ4v) is 2.65. The van der Waals surface area contributed by atoms with Crippen molar-refractivity contribution in [3.8, 4) is 0 Å². The lowest BCUT2D eigenvalue weighted by molar-refractivity contribution is 0.0972. The molecule has 20 heavy (non-hydrogen) atoms. The summed E-state index contributed by atoms with van der Waals surface area (Å²) in [4.78, 5) is 18.7. The molecule has 3 rings (SSSR count). The van der Waals surface area contributed by atoms with Gasteiger partial charge in [0.05, 0.1) is 6.54 Å². The Kier molecular flexibility index (Phi) is 3.92. The SMILES string of the molecule is O=C(CCCN1CCn2ccnc2C1)c1ccccc1. The van der Waals surface area contributed by atoms with Gasteiger partial charge in [-0.3, -0.25) is 9.69 Å². The number of nitrogens with zero attached hydrogens (tertiary/aromatic N) is 3. The number of carbonyl (C=O) groups excluding carboxylic acids is 1. The molecule has 0 aliphatic carbocycles. The molecule has 0 atom stereocenters. The van der Waals surface area contributed by atoms with Crippen LogP contribution >= 0.6 is 0 Å². The molecule has 1 aromatic heterocycles. The first-order valence-corrected chi connectivity index (χ1v) is 7.13. The minimum atomic E-state index is 0.240. The standard InChI is InChI=1S/C16H19N3O/c20-15(14-5-2-1-3-6-14)7-4-9-18-11-12-19-10-8-17-16(19)13-18/h1-3,5-6,8,10H,4,7,9,11-13H2. The Hall–Kier alpha value is -1.94. The van der Waals surface area contributed by atoms with Crippen molar-refractivity contribution in [2.45, 2.75) is 25.9 Å². The number of hydrogen-bond donors (Lipinski definition) is 0. The maximum absolute atomic E-state index is 12.0. The van der Waals surface area contributed by atoms with Crippen molar-refractivity contribution in [3.05, 3.63) is 54.1 Å². The summed E-state index contributed by atoms with van der Waals surface area (Å²) >= 11 is 0. The largest absolute Gasteiger partial charge is 0.333 e. The molecular formula is C16H19N3O. The van der Waals surface area contributed by atoms with Gasteiger partial charge in [0, 0.05) is 37.5 Å². The van der Waals surface area contributed by atoms with Crippen molar-refractivity contribution < 1.29 is 4.79 Å². The van der Waals surface area contributed by atoms with E-state index in [2.05, 4.69) is 14.5 Å². The van der Waals surface area contributed by atoms with Crippen LogP contribution in [0.25, 0.3) is 0 Å². The molecule has 0 fully saturated rings. The molecule has 2 heterocycles. The molecule has 0 radical (unpaired) electrons. The Balaban J connectivity index is 1.46. The summed E-state index contributed by atoms with van der Waals surface area (Å²) in [5, 5.41) is 0. The van der Waals surface area contributed by atoms with E-state index in [0.717, 1.165) is 44.0 Å². The summed E-state index contributed by atoms with van der Waals surface area (Å²) in [7, 11) is 0. The van der Waals surface area contributed by atoms with E-state index in [-0.39, 0.29) is 5.78 Å². The van der Waals surface area contributed by atoms with Crippen molar-refractivity contribution in [2.75, 3.05) is 13.1 Å². The van der Waals surface area contributed by atoms with Gasteiger partial charge in [-0.05, 0) is 13.0 Å². The quantitative estimate of drug-likeness (QED) is 0.782. The lowest BCUT2D eigenvalue weighted by Gasteiger charge is -2.27. The maximum atomic E-state index is 12.0. The van der Waals surface area contributed by atoms with Gasteiger partial charge in [0.25, 0.3) is 0 Å². The monoisotopic (exact) mass is 269 g/mol. The molecule has 0 saturated heterocycles. The average molecular weight is 269 g/mol. The second kappa shape index (κ2) is 6.01. The van der Waals surface area contributed by atoms with E-state index in [9.17, 15) is 4.79 Å². The molecule has 0 N–H and O–H groups in total. The van der Waals surface area contributed by atoms with Gasteiger partial charge >= 0.3 is 0 Å². The van der Waals surface area contributed by atoms with Gasteiger partial charge in [-0.2, -0.15) is 0 Å². The first-order valence-electron chi connectivity index (χ1n) is 7.13. The normalized spacial score (nSPS) is 15.0. The highest BCUT2D eigenvalue weighted by molar-refractivity contribution is 5.95. The third-order valence-electron chi connectivity index (χ3n) is 3.80. The van der Waals surface area contributed by atoms with Gasteiger partial charge in [0.1, 0.15) is 5.82 Å². The molecule has 2 aromatic rings. The van der Waals surface area contributed by atoms with Crippen molar-refractivity contribution >= 4 is 5.78 Å². The van der Waals surface area contributed by atoms with Crippen molar-refractivity contribution in [1.29, 1.82) is 0 Å². The summed E-state index contributed by atoms with van der Waals surface area (Å²) < 4.78 is 2.20. The smallest absolute Gasteiger partial charge is 0.162 e. The highest BCUT2D eigenvalue weighted by Crippen LogP contribution is 2.12. The Morgan fingerprint density at radius 1 is 1.20 bits per heavy atom. The van der Waals surface area contributed by atoms with Crippen LogP contribution in [0.1, 0.15) is 29.0 Å². The maximum Gasteiger partial charge on any atom is 0.162 e. The second-order valence-electron chi connectivity index (χ2n) is 5.21. The van der Waals surface area contributed by atoms with E-state index in [1.54, 1.807) is 0 Å². The summed E-state index contributed by atoms with van der Waals surface area (Å²) in [5.41, 5.74) is 0.821. The summed E-state index contributed by atoms with van der Waals surface area (Å²) in [6.45, 7) is 3.91. The van der Waals surface area contributed by atoms with Crippen molar-refractivity contribution in [3.63, 3.8) is 0 Å². The molecule has 1 aliphatic heterocycles. The first kappa shape index (κ1) is 13.1. The van der Waals surface area contributed by atoms with Crippen LogP contribution in [-0.4, -0.2) is 33.3 Å². The van der Waals surface area contributed by atoms with Gasteiger partial charge < -0.3 is 4.57 Å². The highest BCUT2D eigenvalue weighted by Gasteiger charge is 2.16. The van der Waals surface area contributed by atoms with E-state index in [1.807, 2.05) is 42.7 Å². The molecule has 4 nitrogen and oxygen atoms in total. The van der Waals surface area contributed by atoms with Gasteiger partial charge in [-0.15, -0.1) is 0 Å². The Morgan fingerprint density at radius 2 is 2.05 bits per heavy atom. The predicted molar refractivity (Wildman–Crippen MR) is 77.5 cm³/mol. The fourth-order valence-electron chi connectivity index (χ4n) is 2.65. The molecule has 104 valence electrons. The Morgan fingerprint density at radius 3 is 2.90 bits per heavy atom. The Bertz CT molecular complexity index is 576. The van der Waals surface area contributed by atoms with E-state index >= 15 is 0 Å². The highest BCUT2D eigenvalue weighted by atomic mass is 16.1. The minimum absolute atomic E-state index is 0.240. The summed E-state index contributed by atoms with van der Waals surface area (Å²) in [6.07, 6.45) is 5.42. The number of hydrogen-bond acceptors (Lipinski definition) is 3. The number of rotatable bonds is 5. The molecule has 4 heteroatoms. The van der Waals surface area contributed by atoms with Gasteiger partial charge in [-0.1, -0.05) is 30.3 Å². The topological polar surface area (TPSA) is 38.1 Å². The van der Waals surface area contributed by atoms with E-state index in [0.29, 0.717) is 6.42 Å². The second-order valence-corrected chi connectivity index (χ2v) is 5.21. The molecule has 0 saturated carbocycles. The van der Waals surface area contributed by atoms with Crippen LogP contribution in [0.15, 0.2) is 42.7 Å². The average Bonchev–Trinajstić information content (AvgIpc) is 2.95. The third-order valence-corrected chi connectivity index (χ3v) is 3.80. The van der Waals surface area contributed by atoms with Crippen LogP contribution in [-0.2, 0) is 13.1 Å². The molecule has 0 unspecified atom stereocenters. The number of Topliss-reactive ketones (excluding diaryl/α,β-unsaturated/α-hetero) is 1. The molecular weight excluding hydrogens is 250 g/mol. The zero-order chi connectivity index (χ0) is 13.8. The lowest BCUT2D eigenvalue weighted by atomic mass is 10.1. The number of benzene rings is 1. The van der Waals surface area contributed by atoms with Gasteiger partial charge in [0.2, 0.25) is 0 Å². The molecule has 1 aromatic carbocycles. The number of carbonyl (C=O) groups is 1. The zero-order valence-corrected chi connectivity index (χ0v) is 11.5. The van der Waals surface area contributed by atoms with Crippen LogP contribution < -0.4 is 0 Å². The van der Waals surface area contributed by atoms with Crippen LogP contribution in [0.4, 0.5) is 0 Å². The predicted octanol–water partition coefficient (Wildman–Crippen LogP) is 2.36. The van der Waals surface area contributed by atoms with Crippen LogP contribution in [0.3, 0.4) is 0 Å². The Labute approximate surface area is 119 Å². The van der Waals surface area contributed by atoms with E-state index < -0.39 is 0 Å². The fraction of sp³-hybridized carbons (Fsp3) is 0.375. The van der Waals surface area contributed by atoms with Crippen LogP contribution in [0, 0.1) is 0 Å². The number of aromatic nitrogens is 2. The molecule has 1 aliphatic rings. The number of fused-ring (bicyclic) bond motifs is 1. The molecule has 0 bridgehead atoms. The number of ketones is 1. The van der Waals surface area contributed by atoms with Gasteiger partial charge in [0.15, 0.2) is 5.78 Å². The summed E-state index contributed by atoms with van der Waals surface area (Å²) in [6, 6.07) is 9.54. The first-order chi connectivity index (χ1) is 9.83. The number of imidazole rings is 1. The molecule has 0 amide bonds.